The highest BCUT2D eigenvalue weighted by molar-refractivity contribution is 7.92. The van der Waals surface area contributed by atoms with Crippen LogP contribution in [-0.4, -0.2) is 57.6 Å². The molecule has 1 unspecified atom stereocenters. The third kappa shape index (κ3) is 8.74. The van der Waals surface area contributed by atoms with Crippen molar-refractivity contribution in [2.45, 2.75) is 45.7 Å². The predicted octanol–water partition coefficient (Wildman–Crippen LogP) is 3.84. The topological polar surface area (TPSA) is 96.0 Å². The highest BCUT2D eigenvalue weighted by Gasteiger charge is 2.26. The average molecular weight is 524 g/mol. The fraction of sp³-hybridized carbons (Fsp3) is 0.440. The van der Waals surface area contributed by atoms with Crippen molar-refractivity contribution in [3.05, 3.63) is 59.1 Å². The lowest BCUT2D eigenvalue weighted by molar-refractivity contribution is -0.140. The summed E-state index contributed by atoms with van der Waals surface area (Å²) in [6.07, 6.45) is 2.29. The maximum absolute atomic E-state index is 13.2. The fourth-order valence-corrected chi connectivity index (χ4v) is 4.61. The number of amides is 2. The summed E-state index contributed by atoms with van der Waals surface area (Å²) in [5, 5.41) is 3.42. The zero-order valence-corrected chi connectivity index (χ0v) is 22.2. The smallest absolute Gasteiger partial charge is 0.242 e. The van der Waals surface area contributed by atoms with E-state index in [2.05, 4.69) is 5.32 Å². The van der Waals surface area contributed by atoms with Crippen molar-refractivity contribution in [2.75, 3.05) is 30.8 Å². The summed E-state index contributed by atoms with van der Waals surface area (Å²) in [5.41, 5.74) is 1.33. The maximum atomic E-state index is 13.2. The number of halogens is 1. The van der Waals surface area contributed by atoms with Crippen LogP contribution in [0.4, 0.5) is 5.69 Å². The van der Waals surface area contributed by atoms with E-state index in [1.807, 2.05) is 19.1 Å². The van der Waals surface area contributed by atoms with Crippen LogP contribution in [-0.2, 0) is 26.2 Å². The summed E-state index contributed by atoms with van der Waals surface area (Å²) in [5.74, 6) is 0.151. The molecule has 2 aromatic carbocycles. The van der Waals surface area contributed by atoms with Crippen molar-refractivity contribution < 1.29 is 22.7 Å². The van der Waals surface area contributed by atoms with Gasteiger partial charge in [0.05, 0.1) is 19.1 Å². The summed E-state index contributed by atoms with van der Waals surface area (Å²) in [6, 6.07) is 13.1. The number of nitrogens with one attached hydrogen (secondary N) is 1. The molecule has 0 aliphatic carbocycles. The first-order valence-electron chi connectivity index (χ1n) is 11.5. The lowest BCUT2D eigenvalue weighted by Gasteiger charge is -2.29. The molecule has 0 heterocycles. The minimum absolute atomic E-state index is 0.0845. The second kappa shape index (κ2) is 13.3. The zero-order chi connectivity index (χ0) is 26.0. The number of rotatable bonds is 13. The maximum Gasteiger partial charge on any atom is 0.242 e. The lowest BCUT2D eigenvalue weighted by atomic mass is 10.1. The molecule has 2 aromatic rings. The molecule has 0 aliphatic heterocycles. The number of anilines is 1. The van der Waals surface area contributed by atoms with Crippen molar-refractivity contribution in [3.63, 3.8) is 0 Å². The second-order valence-corrected chi connectivity index (χ2v) is 10.6. The van der Waals surface area contributed by atoms with E-state index in [0.717, 1.165) is 18.2 Å². The predicted molar refractivity (Wildman–Crippen MR) is 139 cm³/mol. The van der Waals surface area contributed by atoms with Gasteiger partial charge in [0, 0.05) is 31.1 Å². The monoisotopic (exact) mass is 523 g/mol. The Balaban J connectivity index is 2.14. The van der Waals surface area contributed by atoms with E-state index in [-0.39, 0.29) is 31.3 Å². The van der Waals surface area contributed by atoms with Crippen molar-refractivity contribution in [3.8, 4) is 5.75 Å². The summed E-state index contributed by atoms with van der Waals surface area (Å²) >= 11 is 5.98. The molecule has 1 N–H and O–H groups in total. The van der Waals surface area contributed by atoms with Crippen LogP contribution in [0.15, 0.2) is 48.5 Å². The van der Waals surface area contributed by atoms with Gasteiger partial charge in [-0.2, -0.15) is 0 Å². The Hall–Kier alpha value is -2.78. The number of methoxy groups -OCH3 is 1. The van der Waals surface area contributed by atoms with Crippen LogP contribution in [0.3, 0.4) is 0 Å². The van der Waals surface area contributed by atoms with Gasteiger partial charge in [0.15, 0.2) is 0 Å². The fourth-order valence-electron chi connectivity index (χ4n) is 3.52. The van der Waals surface area contributed by atoms with Gasteiger partial charge in [0.25, 0.3) is 0 Å². The van der Waals surface area contributed by atoms with E-state index in [4.69, 9.17) is 16.3 Å². The number of nitrogens with zero attached hydrogens (tertiary/aromatic N) is 2. The van der Waals surface area contributed by atoms with Crippen molar-refractivity contribution in [1.29, 1.82) is 0 Å². The van der Waals surface area contributed by atoms with E-state index in [9.17, 15) is 18.0 Å². The minimum Gasteiger partial charge on any atom is -0.497 e. The molecule has 0 fully saturated rings. The van der Waals surface area contributed by atoms with Gasteiger partial charge in [-0.25, -0.2) is 8.42 Å². The van der Waals surface area contributed by atoms with Gasteiger partial charge in [-0.15, -0.1) is 0 Å². The first-order valence-corrected chi connectivity index (χ1v) is 13.7. The molecule has 1 atom stereocenters. The Morgan fingerprint density at radius 1 is 1.09 bits per heavy atom. The standard InChI is InChI=1S/C25H34ClN3O5S/c1-5-16-27-25(31)19(2)28(18-20-8-10-21(26)11-9-20)24(30)7-6-17-29(35(4,32)33)22-12-14-23(34-3)15-13-22/h8-15,19H,5-7,16-18H2,1-4H3,(H,27,31). The molecule has 192 valence electrons. The highest BCUT2D eigenvalue weighted by Crippen LogP contribution is 2.22. The summed E-state index contributed by atoms with van der Waals surface area (Å²) in [6.45, 7) is 4.54. The summed E-state index contributed by atoms with van der Waals surface area (Å²) < 4.78 is 31.2. The van der Waals surface area contributed by atoms with E-state index < -0.39 is 16.1 Å². The molecule has 0 aliphatic rings. The highest BCUT2D eigenvalue weighted by atomic mass is 35.5. The lowest BCUT2D eigenvalue weighted by Crippen LogP contribution is -2.47. The van der Waals surface area contributed by atoms with Crippen LogP contribution in [0.2, 0.25) is 5.02 Å². The Morgan fingerprint density at radius 2 is 1.71 bits per heavy atom. The van der Waals surface area contributed by atoms with Crippen LogP contribution in [0.25, 0.3) is 0 Å². The second-order valence-electron chi connectivity index (χ2n) is 8.25. The Labute approximate surface area is 213 Å². The molecule has 0 saturated heterocycles. The van der Waals surface area contributed by atoms with Gasteiger partial charge < -0.3 is 15.0 Å². The number of carbonyl (C=O) groups is 2. The molecule has 0 spiro atoms. The van der Waals surface area contributed by atoms with E-state index >= 15 is 0 Å². The van der Waals surface area contributed by atoms with Gasteiger partial charge in [-0.1, -0.05) is 30.7 Å². The van der Waals surface area contributed by atoms with Gasteiger partial charge in [0.2, 0.25) is 21.8 Å². The SMILES string of the molecule is CCCNC(=O)C(C)N(Cc1ccc(Cl)cc1)C(=O)CCCN(c1ccc(OC)cc1)S(C)(=O)=O. The number of hydrogen-bond acceptors (Lipinski definition) is 5. The molecule has 2 amide bonds. The molecule has 0 radical (unpaired) electrons. The van der Waals surface area contributed by atoms with E-state index in [0.29, 0.717) is 29.4 Å². The minimum atomic E-state index is -3.56. The van der Waals surface area contributed by atoms with Gasteiger partial charge in [-0.05, 0) is 61.7 Å². The van der Waals surface area contributed by atoms with Crippen LogP contribution < -0.4 is 14.4 Å². The molecule has 0 aromatic heterocycles. The summed E-state index contributed by atoms with van der Waals surface area (Å²) in [7, 11) is -2.02. The summed E-state index contributed by atoms with van der Waals surface area (Å²) in [4.78, 5) is 27.4. The number of sulfonamides is 1. The van der Waals surface area contributed by atoms with E-state index in [1.165, 1.54) is 16.3 Å². The number of benzene rings is 2. The normalized spacial score (nSPS) is 12.0. The first kappa shape index (κ1) is 28.5. The van der Waals surface area contributed by atoms with Crippen LogP contribution in [0, 0.1) is 0 Å². The quantitative estimate of drug-likeness (QED) is 0.430. The van der Waals surface area contributed by atoms with Gasteiger partial charge in [0.1, 0.15) is 11.8 Å². The Morgan fingerprint density at radius 3 is 2.26 bits per heavy atom. The zero-order valence-electron chi connectivity index (χ0n) is 20.7. The largest absolute Gasteiger partial charge is 0.497 e. The van der Waals surface area contributed by atoms with Crippen LogP contribution in [0.5, 0.6) is 5.75 Å². The van der Waals surface area contributed by atoms with Crippen LogP contribution in [0.1, 0.15) is 38.7 Å². The van der Waals surface area contributed by atoms with Gasteiger partial charge >= 0.3 is 0 Å². The third-order valence-electron chi connectivity index (χ3n) is 5.50. The molecule has 8 nitrogen and oxygen atoms in total. The third-order valence-corrected chi connectivity index (χ3v) is 6.94. The molecule has 0 bridgehead atoms. The van der Waals surface area contributed by atoms with Crippen LogP contribution >= 0.6 is 11.6 Å². The van der Waals surface area contributed by atoms with Gasteiger partial charge in [-0.3, -0.25) is 13.9 Å². The van der Waals surface area contributed by atoms with Crippen molar-refractivity contribution >= 4 is 39.1 Å². The molecular weight excluding hydrogens is 490 g/mol. The Kier molecular flexibility index (Phi) is 10.9. The average Bonchev–Trinajstić information content (AvgIpc) is 2.83. The first-order chi connectivity index (χ1) is 16.6. The number of hydrogen-bond donors (Lipinski definition) is 1. The van der Waals surface area contributed by atoms with E-state index in [1.54, 1.807) is 43.3 Å². The van der Waals surface area contributed by atoms with Crippen molar-refractivity contribution in [1.82, 2.24) is 10.2 Å². The number of carbonyl (C=O) groups excluding carboxylic acids is 2. The molecule has 2 rings (SSSR count). The molecule has 10 heteroatoms. The molecule has 0 saturated carbocycles. The Bertz CT molecular complexity index is 1080. The molecule has 35 heavy (non-hydrogen) atoms. The van der Waals surface area contributed by atoms with Crippen molar-refractivity contribution in [2.24, 2.45) is 0 Å². The molecular formula is C25H34ClN3O5S. The number of ether oxygens (including phenoxy) is 1.